The maximum absolute atomic E-state index is 14.1. The number of hydrogen-bond acceptors (Lipinski definition) is 4. The van der Waals surface area contributed by atoms with Gasteiger partial charge in [-0.3, -0.25) is 9.20 Å². The molecule has 2 heterocycles. The first kappa shape index (κ1) is 24.4. The third-order valence-electron chi connectivity index (χ3n) is 5.75. The number of benzene rings is 2. The number of aryl methyl sites for hydroxylation is 2. The highest BCUT2D eigenvalue weighted by molar-refractivity contribution is 6.30. The van der Waals surface area contributed by atoms with Crippen molar-refractivity contribution in [2.24, 2.45) is 0 Å². The van der Waals surface area contributed by atoms with Crippen LogP contribution >= 0.6 is 11.6 Å². The average molecular weight is 494 g/mol. The van der Waals surface area contributed by atoms with E-state index in [4.69, 9.17) is 16.3 Å². The van der Waals surface area contributed by atoms with Gasteiger partial charge in [-0.2, -0.15) is 5.26 Å². The zero-order valence-corrected chi connectivity index (χ0v) is 19.9. The monoisotopic (exact) mass is 493 g/mol. The van der Waals surface area contributed by atoms with E-state index < -0.39 is 17.6 Å². The SMILES string of the molecule is CCc1nc2c(OCc3c(F)cccc3F)cc(C)cn2c1C(=O)CC(C#N)c1ccc(Cl)cc1. The maximum Gasteiger partial charge on any atom is 0.183 e. The van der Waals surface area contributed by atoms with Crippen molar-refractivity contribution in [1.29, 1.82) is 5.26 Å². The van der Waals surface area contributed by atoms with Crippen LogP contribution in [0.3, 0.4) is 0 Å². The van der Waals surface area contributed by atoms with Gasteiger partial charge in [0.25, 0.3) is 0 Å². The van der Waals surface area contributed by atoms with Crippen LogP contribution in [0, 0.1) is 29.9 Å². The minimum atomic E-state index is -0.702. The standard InChI is InChI=1S/C27H22ClF2N3O2/c1-3-23-26(24(34)12-18(13-31)17-7-9-19(28)10-8-17)33-14-16(2)11-25(27(33)32-23)35-15-20-21(29)5-4-6-22(20)30/h4-11,14,18H,3,12,15H2,1-2H3. The van der Waals surface area contributed by atoms with Crippen molar-refractivity contribution in [2.45, 2.75) is 39.2 Å². The molecule has 0 amide bonds. The summed E-state index contributed by atoms with van der Waals surface area (Å²) in [6, 6.07) is 14.4. The number of halogens is 3. The molecule has 0 radical (unpaired) electrons. The third kappa shape index (κ3) is 5.03. The lowest BCUT2D eigenvalue weighted by atomic mass is 9.93. The fraction of sp³-hybridized carbons (Fsp3) is 0.222. The van der Waals surface area contributed by atoms with Gasteiger partial charge in [-0.1, -0.05) is 36.7 Å². The van der Waals surface area contributed by atoms with Gasteiger partial charge >= 0.3 is 0 Å². The van der Waals surface area contributed by atoms with Crippen LogP contribution in [-0.4, -0.2) is 15.2 Å². The quantitative estimate of drug-likeness (QED) is 0.259. The Morgan fingerprint density at radius 1 is 1.20 bits per heavy atom. The first-order valence-corrected chi connectivity index (χ1v) is 11.5. The number of carbonyl (C=O) groups is 1. The second-order valence-electron chi connectivity index (χ2n) is 8.19. The van der Waals surface area contributed by atoms with Gasteiger partial charge in [0.2, 0.25) is 0 Å². The molecule has 5 nitrogen and oxygen atoms in total. The van der Waals surface area contributed by atoms with Crippen molar-refractivity contribution in [3.63, 3.8) is 0 Å². The zero-order chi connectivity index (χ0) is 25.1. The summed E-state index contributed by atoms with van der Waals surface area (Å²) in [7, 11) is 0. The number of nitriles is 1. The van der Waals surface area contributed by atoms with E-state index in [1.165, 1.54) is 18.2 Å². The Labute approximate surface area is 206 Å². The molecule has 0 fully saturated rings. The molecule has 1 atom stereocenters. The molecule has 4 rings (SSSR count). The Bertz CT molecular complexity index is 1420. The molecule has 0 N–H and O–H groups in total. The smallest absolute Gasteiger partial charge is 0.183 e. The summed E-state index contributed by atoms with van der Waals surface area (Å²) in [6.07, 6.45) is 2.19. The summed E-state index contributed by atoms with van der Waals surface area (Å²) >= 11 is 5.95. The van der Waals surface area contributed by atoms with Crippen LogP contribution in [-0.2, 0) is 13.0 Å². The van der Waals surface area contributed by atoms with Crippen molar-refractivity contribution < 1.29 is 18.3 Å². The van der Waals surface area contributed by atoms with Gasteiger partial charge in [-0.15, -0.1) is 0 Å². The summed E-state index contributed by atoms with van der Waals surface area (Å²) in [5.41, 5.74) is 2.56. The molecule has 0 spiro atoms. The summed E-state index contributed by atoms with van der Waals surface area (Å²) in [4.78, 5) is 18.0. The molecule has 35 heavy (non-hydrogen) atoms. The normalized spacial score (nSPS) is 11.9. The predicted octanol–water partition coefficient (Wildman–Crippen LogP) is 6.60. The van der Waals surface area contributed by atoms with Crippen molar-refractivity contribution in [2.75, 3.05) is 0 Å². The molecule has 1 unspecified atom stereocenters. The number of imidazole rings is 1. The largest absolute Gasteiger partial charge is 0.485 e. The molecule has 0 bridgehead atoms. The maximum atomic E-state index is 14.1. The number of nitrogens with zero attached hydrogens (tertiary/aromatic N) is 3. The van der Waals surface area contributed by atoms with Crippen molar-refractivity contribution in [3.8, 4) is 11.8 Å². The number of ether oxygens (including phenoxy) is 1. The summed E-state index contributed by atoms with van der Waals surface area (Å²) in [5, 5.41) is 10.3. The molecule has 0 saturated heterocycles. The lowest BCUT2D eigenvalue weighted by Gasteiger charge is -2.12. The minimum absolute atomic E-state index is 0.0382. The lowest BCUT2D eigenvalue weighted by molar-refractivity contribution is 0.0972. The highest BCUT2D eigenvalue weighted by Gasteiger charge is 2.25. The molecule has 0 aliphatic heterocycles. The van der Waals surface area contributed by atoms with Gasteiger partial charge in [0.15, 0.2) is 17.2 Å². The molecule has 8 heteroatoms. The second kappa shape index (κ2) is 10.2. The number of aromatic nitrogens is 2. The number of Topliss-reactive ketones (excluding diaryl/α,β-unsaturated/α-hetero) is 1. The molecule has 4 aromatic rings. The summed E-state index contributed by atoms with van der Waals surface area (Å²) in [5.74, 6) is -2.00. The molecule has 2 aromatic carbocycles. The van der Waals surface area contributed by atoms with Crippen LogP contribution < -0.4 is 4.74 Å². The first-order chi connectivity index (χ1) is 16.8. The van der Waals surface area contributed by atoms with E-state index in [2.05, 4.69) is 11.1 Å². The van der Waals surface area contributed by atoms with E-state index >= 15 is 0 Å². The van der Waals surface area contributed by atoms with Crippen LogP contribution in [0.5, 0.6) is 5.75 Å². The summed E-state index contributed by atoms with van der Waals surface area (Å²) in [6.45, 7) is 3.37. The van der Waals surface area contributed by atoms with Crippen molar-refractivity contribution in [1.82, 2.24) is 9.38 Å². The molecule has 0 aliphatic rings. The van der Waals surface area contributed by atoms with Crippen molar-refractivity contribution >= 4 is 23.0 Å². The molecular weight excluding hydrogens is 472 g/mol. The van der Waals surface area contributed by atoms with Crippen molar-refractivity contribution in [3.05, 3.63) is 99.5 Å². The van der Waals surface area contributed by atoms with Crippen LogP contribution in [0.15, 0.2) is 54.7 Å². The van der Waals surface area contributed by atoms with E-state index in [0.29, 0.717) is 39.8 Å². The highest BCUT2D eigenvalue weighted by atomic mass is 35.5. The van der Waals surface area contributed by atoms with E-state index in [-0.39, 0.29) is 24.4 Å². The zero-order valence-electron chi connectivity index (χ0n) is 19.2. The fourth-order valence-corrected chi connectivity index (χ4v) is 4.10. The molecule has 0 saturated carbocycles. The molecular formula is C27H22ClF2N3O2. The van der Waals surface area contributed by atoms with Gasteiger partial charge < -0.3 is 4.74 Å². The van der Waals surface area contributed by atoms with Gasteiger partial charge in [-0.05, 0) is 54.8 Å². The number of carbonyl (C=O) groups excluding carboxylic acids is 1. The van der Waals surface area contributed by atoms with Crippen LogP contribution in [0.2, 0.25) is 5.02 Å². The van der Waals surface area contributed by atoms with Gasteiger partial charge in [0.05, 0.1) is 23.2 Å². The van der Waals surface area contributed by atoms with E-state index in [0.717, 1.165) is 5.56 Å². The third-order valence-corrected chi connectivity index (χ3v) is 6.00. The lowest BCUT2D eigenvalue weighted by Crippen LogP contribution is -2.11. The topological polar surface area (TPSA) is 67.4 Å². The number of fused-ring (bicyclic) bond motifs is 1. The van der Waals surface area contributed by atoms with E-state index in [9.17, 15) is 18.8 Å². The average Bonchev–Trinajstić information content (AvgIpc) is 3.21. The predicted molar refractivity (Wildman–Crippen MR) is 129 cm³/mol. The number of rotatable bonds is 8. The number of hydrogen-bond donors (Lipinski definition) is 0. The Morgan fingerprint density at radius 2 is 1.89 bits per heavy atom. The number of pyridine rings is 1. The van der Waals surface area contributed by atoms with Gasteiger partial charge in [0, 0.05) is 17.6 Å². The second-order valence-corrected chi connectivity index (χ2v) is 8.62. The Hall–Kier alpha value is -3.76. The van der Waals surface area contributed by atoms with Crippen LogP contribution in [0.4, 0.5) is 8.78 Å². The summed E-state index contributed by atoms with van der Waals surface area (Å²) < 4.78 is 35.6. The highest BCUT2D eigenvalue weighted by Crippen LogP contribution is 2.29. The Balaban J connectivity index is 1.69. The van der Waals surface area contributed by atoms with E-state index in [1.807, 2.05) is 13.8 Å². The van der Waals surface area contributed by atoms with Crippen LogP contribution in [0.25, 0.3) is 5.65 Å². The Morgan fingerprint density at radius 3 is 2.51 bits per heavy atom. The first-order valence-electron chi connectivity index (χ1n) is 11.1. The van der Waals surface area contributed by atoms with Gasteiger partial charge in [-0.25, -0.2) is 13.8 Å². The molecule has 0 aliphatic carbocycles. The number of ketones is 1. The fourth-order valence-electron chi connectivity index (χ4n) is 3.97. The van der Waals surface area contributed by atoms with Gasteiger partial charge in [0.1, 0.15) is 23.9 Å². The minimum Gasteiger partial charge on any atom is -0.485 e. The molecule has 178 valence electrons. The van der Waals surface area contributed by atoms with Crippen LogP contribution in [0.1, 0.15) is 52.1 Å². The van der Waals surface area contributed by atoms with E-state index in [1.54, 1.807) is 40.9 Å². The molecule has 2 aromatic heterocycles. The Kier molecular flexibility index (Phi) is 7.13.